The van der Waals surface area contributed by atoms with Crippen LogP contribution in [-0.4, -0.2) is 30.1 Å². The Labute approximate surface area is 164 Å². The third kappa shape index (κ3) is 3.93. The lowest BCUT2D eigenvalue weighted by Crippen LogP contribution is -2.34. The predicted octanol–water partition coefficient (Wildman–Crippen LogP) is 4.35. The lowest BCUT2D eigenvalue weighted by atomic mass is 9.80. The Bertz CT molecular complexity index is 957. The van der Waals surface area contributed by atoms with Crippen molar-refractivity contribution in [3.8, 4) is 0 Å². The maximum absolute atomic E-state index is 12.9. The normalized spacial score (nSPS) is 12.1. The van der Waals surface area contributed by atoms with Crippen molar-refractivity contribution >= 4 is 22.8 Å². The average molecular weight is 379 g/mol. The maximum atomic E-state index is 12.9. The second-order valence-electron chi connectivity index (χ2n) is 6.66. The van der Waals surface area contributed by atoms with Gasteiger partial charge in [-0.25, -0.2) is 0 Å². The summed E-state index contributed by atoms with van der Waals surface area (Å²) in [7, 11) is 0. The monoisotopic (exact) mass is 379 g/mol. The van der Waals surface area contributed by atoms with Crippen molar-refractivity contribution < 1.29 is 19.1 Å². The van der Waals surface area contributed by atoms with Gasteiger partial charge in [-0.2, -0.15) is 0 Å². The Morgan fingerprint density at radius 1 is 0.964 bits per heavy atom. The molecule has 0 radical (unpaired) electrons. The SMILES string of the molecule is CCOC(=O)C(C(=O)OCC)C(c1cccc(C)c1)c1c[nH]c2ccccc12. The fraction of sp³-hybridized carbons (Fsp3) is 0.304. The van der Waals surface area contributed by atoms with Crippen molar-refractivity contribution in [2.75, 3.05) is 13.2 Å². The first-order valence-corrected chi connectivity index (χ1v) is 9.52. The molecule has 0 spiro atoms. The molecule has 0 aliphatic rings. The Balaban J connectivity index is 2.21. The van der Waals surface area contributed by atoms with E-state index < -0.39 is 23.8 Å². The number of para-hydroxylation sites is 1. The minimum atomic E-state index is -1.08. The molecule has 1 aromatic heterocycles. The van der Waals surface area contributed by atoms with Gasteiger partial charge in [0, 0.05) is 23.0 Å². The molecular weight excluding hydrogens is 354 g/mol. The van der Waals surface area contributed by atoms with Crippen LogP contribution in [0.2, 0.25) is 0 Å². The van der Waals surface area contributed by atoms with Gasteiger partial charge in [0.05, 0.1) is 13.2 Å². The van der Waals surface area contributed by atoms with Gasteiger partial charge in [0.25, 0.3) is 0 Å². The fourth-order valence-electron chi connectivity index (χ4n) is 3.60. The molecule has 3 aromatic rings. The van der Waals surface area contributed by atoms with E-state index in [1.165, 1.54) is 0 Å². The standard InChI is InChI=1S/C23H25NO4/c1-4-27-22(25)21(23(26)28-5-2)20(16-10-8-9-15(3)13-16)18-14-24-19-12-7-6-11-17(18)19/h6-14,20-21,24H,4-5H2,1-3H3. The van der Waals surface area contributed by atoms with E-state index in [1.54, 1.807) is 13.8 Å². The minimum Gasteiger partial charge on any atom is -0.465 e. The third-order valence-corrected chi connectivity index (χ3v) is 4.77. The predicted molar refractivity (Wildman–Crippen MR) is 108 cm³/mol. The largest absolute Gasteiger partial charge is 0.465 e. The molecule has 1 atom stereocenters. The van der Waals surface area contributed by atoms with Crippen LogP contribution in [0.15, 0.2) is 54.7 Å². The van der Waals surface area contributed by atoms with Crippen molar-refractivity contribution in [3.63, 3.8) is 0 Å². The van der Waals surface area contributed by atoms with Gasteiger partial charge in [0.1, 0.15) is 0 Å². The van der Waals surface area contributed by atoms with Crippen LogP contribution in [0.3, 0.4) is 0 Å². The van der Waals surface area contributed by atoms with Gasteiger partial charge < -0.3 is 14.5 Å². The number of hydrogen-bond donors (Lipinski definition) is 1. The van der Waals surface area contributed by atoms with Crippen molar-refractivity contribution in [1.29, 1.82) is 0 Å². The molecule has 0 saturated heterocycles. The lowest BCUT2D eigenvalue weighted by molar-refractivity contribution is -0.162. The van der Waals surface area contributed by atoms with Crippen LogP contribution >= 0.6 is 0 Å². The van der Waals surface area contributed by atoms with Gasteiger partial charge in [-0.15, -0.1) is 0 Å². The molecule has 0 aliphatic carbocycles. The number of carbonyl (C=O) groups excluding carboxylic acids is 2. The molecule has 0 fully saturated rings. The van der Waals surface area contributed by atoms with E-state index in [0.717, 1.165) is 27.6 Å². The zero-order valence-corrected chi connectivity index (χ0v) is 16.4. The van der Waals surface area contributed by atoms with Gasteiger partial charge in [0.2, 0.25) is 0 Å². The van der Waals surface area contributed by atoms with Crippen molar-refractivity contribution in [1.82, 2.24) is 4.98 Å². The van der Waals surface area contributed by atoms with Gasteiger partial charge in [-0.05, 0) is 38.0 Å². The summed E-state index contributed by atoms with van der Waals surface area (Å²) in [5.74, 6) is -2.74. The fourth-order valence-corrected chi connectivity index (χ4v) is 3.60. The number of benzene rings is 2. The number of aromatic nitrogens is 1. The Kier molecular flexibility index (Phi) is 6.14. The number of rotatable bonds is 7. The minimum absolute atomic E-state index is 0.198. The Morgan fingerprint density at radius 2 is 1.64 bits per heavy atom. The molecule has 2 aromatic carbocycles. The summed E-state index contributed by atoms with van der Waals surface area (Å²) >= 11 is 0. The van der Waals surface area contributed by atoms with Crippen LogP contribution in [0, 0.1) is 12.8 Å². The van der Waals surface area contributed by atoms with E-state index in [2.05, 4.69) is 4.98 Å². The van der Waals surface area contributed by atoms with Crippen molar-refractivity contribution in [2.24, 2.45) is 5.92 Å². The number of nitrogens with one attached hydrogen (secondary N) is 1. The Morgan fingerprint density at radius 3 is 2.29 bits per heavy atom. The lowest BCUT2D eigenvalue weighted by Gasteiger charge is -2.25. The summed E-state index contributed by atoms with van der Waals surface area (Å²) in [5.41, 5.74) is 3.73. The summed E-state index contributed by atoms with van der Waals surface area (Å²) < 4.78 is 10.5. The van der Waals surface area contributed by atoms with Crippen LogP contribution < -0.4 is 0 Å². The van der Waals surface area contributed by atoms with Crippen LogP contribution in [0.5, 0.6) is 0 Å². The third-order valence-electron chi connectivity index (χ3n) is 4.77. The number of esters is 2. The highest BCUT2D eigenvalue weighted by molar-refractivity contribution is 5.98. The molecule has 5 heteroatoms. The van der Waals surface area contributed by atoms with E-state index in [1.807, 2.05) is 61.7 Å². The molecule has 0 saturated carbocycles. The number of fused-ring (bicyclic) bond motifs is 1. The van der Waals surface area contributed by atoms with Crippen molar-refractivity contribution in [3.05, 3.63) is 71.4 Å². The topological polar surface area (TPSA) is 68.4 Å². The van der Waals surface area contributed by atoms with E-state index in [9.17, 15) is 9.59 Å². The molecule has 0 aliphatic heterocycles. The van der Waals surface area contributed by atoms with Gasteiger partial charge in [0.15, 0.2) is 5.92 Å². The number of hydrogen-bond acceptors (Lipinski definition) is 4. The van der Waals surface area contributed by atoms with E-state index in [4.69, 9.17) is 9.47 Å². The quantitative estimate of drug-likeness (QED) is 0.489. The highest BCUT2D eigenvalue weighted by Crippen LogP contribution is 2.38. The molecule has 1 N–H and O–H groups in total. The number of aryl methyl sites for hydroxylation is 1. The number of ether oxygens (including phenoxy) is 2. The first kappa shape index (κ1) is 19.7. The van der Waals surface area contributed by atoms with E-state index >= 15 is 0 Å². The van der Waals surface area contributed by atoms with Crippen LogP contribution in [0.25, 0.3) is 10.9 Å². The van der Waals surface area contributed by atoms with Gasteiger partial charge in [-0.3, -0.25) is 9.59 Å². The zero-order chi connectivity index (χ0) is 20.1. The number of H-pyrrole nitrogens is 1. The summed E-state index contributed by atoms with van der Waals surface area (Å²) in [6.45, 7) is 5.84. The van der Waals surface area contributed by atoms with Gasteiger partial charge >= 0.3 is 11.9 Å². The molecule has 1 unspecified atom stereocenters. The second kappa shape index (κ2) is 8.74. The van der Waals surface area contributed by atoms with Crippen molar-refractivity contribution in [2.45, 2.75) is 26.7 Å². The number of aromatic amines is 1. The summed E-state index contributed by atoms with van der Waals surface area (Å²) in [4.78, 5) is 29.0. The molecular formula is C23H25NO4. The highest BCUT2D eigenvalue weighted by atomic mass is 16.6. The molecule has 146 valence electrons. The zero-order valence-electron chi connectivity index (χ0n) is 16.4. The average Bonchev–Trinajstić information content (AvgIpc) is 3.10. The molecule has 28 heavy (non-hydrogen) atoms. The van der Waals surface area contributed by atoms with Gasteiger partial charge in [-0.1, -0.05) is 48.0 Å². The van der Waals surface area contributed by atoms with E-state index in [-0.39, 0.29) is 13.2 Å². The summed E-state index contributed by atoms with van der Waals surface area (Å²) in [6.07, 6.45) is 1.86. The van der Waals surface area contributed by atoms with Crippen LogP contribution in [-0.2, 0) is 19.1 Å². The molecule has 0 amide bonds. The first-order chi connectivity index (χ1) is 13.6. The van der Waals surface area contributed by atoms with Crippen LogP contribution in [0.1, 0.15) is 36.5 Å². The number of carbonyl (C=O) groups is 2. The first-order valence-electron chi connectivity index (χ1n) is 9.52. The Hall–Kier alpha value is -3.08. The molecule has 1 heterocycles. The molecule has 3 rings (SSSR count). The van der Waals surface area contributed by atoms with E-state index in [0.29, 0.717) is 0 Å². The summed E-state index contributed by atoms with van der Waals surface area (Å²) in [6, 6.07) is 15.7. The summed E-state index contributed by atoms with van der Waals surface area (Å²) in [5, 5.41) is 0.965. The van der Waals surface area contributed by atoms with Crippen LogP contribution in [0.4, 0.5) is 0 Å². The smallest absolute Gasteiger partial charge is 0.321 e. The highest BCUT2D eigenvalue weighted by Gasteiger charge is 2.40. The molecule has 0 bridgehead atoms. The second-order valence-corrected chi connectivity index (χ2v) is 6.66. The maximum Gasteiger partial charge on any atom is 0.321 e. The molecule has 5 nitrogen and oxygen atoms in total.